The van der Waals surface area contributed by atoms with Crippen molar-refractivity contribution in [3.63, 3.8) is 0 Å². The molecule has 3 aromatic rings. The number of aliphatic hydroxyl groups is 1. The van der Waals surface area contributed by atoms with Crippen molar-refractivity contribution < 1.29 is 5.11 Å². The lowest BCUT2D eigenvalue weighted by Crippen LogP contribution is -1.84. The SMILES string of the molecule is CC(=CCO)c1ccc(-c2cccc(-c3ccccc3)c2)cc1. The summed E-state index contributed by atoms with van der Waals surface area (Å²) >= 11 is 0. The van der Waals surface area contributed by atoms with Crippen molar-refractivity contribution in [3.05, 3.63) is 90.5 Å². The number of hydrogen-bond acceptors (Lipinski definition) is 1. The normalized spacial score (nSPS) is 11.5. The quantitative estimate of drug-likeness (QED) is 0.682. The lowest BCUT2D eigenvalue weighted by atomic mass is 9.97. The van der Waals surface area contributed by atoms with E-state index in [2.05, 4.69) is 72.8 Å². The topological polar surface area (TPSA) is 20.2 Å². The van der Waals surface area contributed by atoms with Crippen LogP contribution in [0.15, 0.2) is 84.9 Å². The molecule has 0 unspecified atom stereocenters. The molecule has 3 aromatic carbocycles. The number of aliphatic hydroxyl groups excluding tert-OH is 1. The Balaban J connectivity index is 1.92. The Bertz CT molecular complexity index is 799. The summed E-state index contributed by atoms with van der Waals surface area (Å²) in [5.41, 5.74) is 7.10. The molecule has 0 atom stereocenters. The Morgan fingerprint density at radius 1 is 0.739 bits per heavy atom. The van der Waals surface area contributed by atoms with Crippen molar-refractivity contribution in [3.8, 4) is 22.3 Å². The number of benzene rings is 3. The van der Waals surface area contributed by atoms with Gasteiger partial charge < -0.3 is 5.11 Å². The second kappa shape index (κ2) is 7.08. The molecule has 0 spiro atoms. The van der Waals surface area contributed by atoms with Gasteiger partial charge in [-0.2, -0.15) is 0 Å². The standard InChI is InChI=1S/C22H20O/c1-17(14-15-23)18-10-12-20(13-11-18)22-9-5-8-21(16-22)19-6-3-2-4-7-19/h2-14,16,23H,15H2,1H3. The maximum atomic E-state index is 8.99. The number of allylic oxidation sites excluding steroid dienone is 1. The van der Waals surface area contributed by atoms with E-state index in [9.17, 15) is 0 Å². The fraction of sp³-hybridized carbons (Fsp3) is 0.0909. The summed E-state index contributed by atoms with van der Waals surface area (Å²) in [6.07, 6.45) is 1.82. The molecule has 1 N–H and O–H groups in total. The molecule has 0 saturated heterocycles. The zero-order valence-corrected chi connectivity index (χ0v) is 13.2. The van der Waals surface area contributed by atoms with Gasteiger partial charge in [0, 0.05) is 0 Å². The molecule has 0 aliphatic carbocycles. The van der Waals surface area contributed by atoms with Crippen LogP contribution in [0.5, 0.6) is 0 Å². The van der Waals surface area contributed by atoms with Crippen LogP contribution in [0.25, 0.3) is 27.8 Å². The minimum absolute atomic E-state index is 0.0761. The zero-order valence-electron chi connectivity index (χ0n) is 13.2. The molecule has 3 rings (SSSR count). The van der Waals surface area contributed by atoms with Crippen molar-refractivity contribution in [2.45, 2.75) is 6.92 Å². The summed E-state index contributed by atoms with van der Waals surface area (Å²) in [5.74, 6) is 0. The third-order valence-electron chi connectivity index (χ3n) is 4.04. The van der Waals surface area contributed by atoms with Gasteiger partial charge in [0.15, 0.2) is 0 Å². The first-order valence-electron chi connectivity index (χ1n) is 7.82. The van der Waals surface area contributed by atoms with E-state index >= 15 is 0 Å². The highest BCUT2D eigenvalue weighted by Crippen LogP contribution is 2.27. The molecule has 0 fully saturated rings. The second-order valence-electron chi connectivity index (χ2n) is 5.59. The first kappa shape index (κ1) is 15.3. The molecule has 0 bridgehead atoms. The average Bonchev–Trinajstić information content (AvgIpc) is 2.63. The minimum Gasteiger partial charge on any atom is -0.392 e. The minimum atomic E-state index is 0.0761. The van der Waals surface area contributed by atoms with Crippen molar-refractivity contribution in [1.29, 1.82) is 0 Å². The van der Waals surface area contributed by atoms with Gasteiger partial charge in [0.05, 0.1) is 6.61 Å². The monoisotopic (exact) mass is 300 g/mol. The van der Waals surface area contributed by atoms with Gasteiger partial charge >= 0.3 is 0 Å². The molecule has 0 aromatic heterocycles. The molecule has 0 aliphatic heterocycles. The van der Waals surface area contributed by atoms with Crippen LogP contribution in [0.1, 0.15) is 12.5 Å². The van der Waals surface area contributed by atoms with Crippen molar-refractivity contribution >= 4 is 5.57 Å². The maximum absolute atomic E-state index is 8.99. The van der Waals surface area contributed by atoms with Gasteiger partial charge in [0.1, 0.15) is 0 Å². The summed E-state index contributed by atoms with van der Waals surface area (Å²) in [6.45, 7) is 2.09. The van der Waals surface area contributed by atoms with Gasteiger partial charge in [0.25, 0.3) is 0 Å². The van der Waals surface area contributed by atoms with Crippen LogP contribution in [0, 0.1) is 0 Å². The van der Waals surface area contributed by atoms with Gasteiger partial charge in [-0.25, -0.2) is 0 Å². The van der Waals surface area contributed by atoms with Crippen LogP contribution < -0.4 is 0 Å². The van der Waals surface area contributed by atoms with E-state index in [0.717, 1.165) is 11.1 Å². The van der Waals surface area contributed by atoms with Crippen molar-refractivity contribution in [2.75, 3.05) is 6.61 Å². The Morgan fingerprint density at radius 2 is 1.30 bits per heavy atom. The highest BCUT2D eigenvalue weighted by atomic mass is 16.2. The zero-order chi connectivity index (χ0) is 16.1. The molecule has 0 radical (unpaired) electrons. The van der Waals surface area contributed by atoms with E-state index in [1.807, 2.05) is 19.1 Å². The fourth-order valence-corrected chi connectivity index (χ4v) is 2.69. The molecule has 114 valence electrons. The summed E-state index contributed by atoms with van der Waals surface area (Å²) in [6, 6.07) is 27.5. The van der Waals surface area contributed by atoms with Crippen LogP contribution in [-0.2, 0) is 0 Å². The Hall–Kier alpha value is -2.64. The van der Waals surface area contributed by atoms with Gasteiger partial charge in [-0.15, -0.1) is 0 Å². The largest absolute Gasteiger partial charge is 0.392 e. The number of hydrogen-bond donors (Lipinski definition) is 1. The van der Waals surface area contributed by atoms with E-state index in [-0.39, 0.29) is 6.61 Å². The molecule has 0 saturated carbocycles. The van der Waals surface area contributed by atoms with Crippen LogP contribution >= 0.6 is 0 Å². The first-order chi connectivity index (χ1) is 11.3. The second-order valence-corrected chi connectivity index (χ2v) is 5.59. The van der Waals surface area contributed by atoms with Crippen molar-refractivity contribution in [2.24, 2.45) is 0 Å². The highest BCUT2D eigenvalue weighted by molar-refractivity contribution is 5.74. The van der Waals surface area contributed by atoms with Crippen LogP contribution in [0.2, 0.25) is 0 Å². The van der Waals surface area contributed by atoms with Crippen molar-refractivity contribution in [1.82, 2.24) is 0 Å². The third kappa shape index (κ3) is 3.58. The average molecular weight is 300 g/mol. The first-order valence-corrected chi connectivity index (χ1v) is 7.82. The Morgan fingerprint density at radius 3 is 1.91 bits per heavy atom. The number of rotatable bonds is 4. The molecule has 0 amide bonds. The Kier molecular flexibility index (Phi) is 4.70. The van der Waals surface area contributed by atoms with E-state index < -0.39 is 0 Å². The van der Waals surface area contributed by atoms with E-state index in [4.69, 9.17) is 5.11 Å². The van der Waals surface area contributed by atoms with Crippen LogP contribution in [0.4, 0.5) is 0 Å². The molecule has 0 aliphatic rings. The molecular weight excluding hydrogens is 280 g/mol. The highest BCUT2D eigenvalue weighted by Gasteiger charge is 2.02. The van der Waals surface area contributed by atoms with Gasteiger partial charge in [-0.3, -0.25) is 0 Å². The summed E-state index contributed by atoms with van der Waals surface area (Å²) in [5, 5.41) is 8.99. The maximum Gasteiger partial charge on any atom is 0.0618 e. The van der Waals surface area contributed by atoms with E-state index in [1.54, 1.807) is 0 Å². The van der Waals surface area contributed by atoms with Crippen LogP contribution in [0.3, 0.4) is 0 Å². The van der Waals surface area contributed by atoms with Crippen LogP contribution in [-0.4, -0.2) is 11.7 Å². The molecule has 1 nitrogen and oxygen atoms in total. The molecule has 23 heavy (non-hydrogen) atoms. The molecular formula is C22H20O. The van der Waals surface area contributed by atoms with E-state index in [1.165, 1.54) is 22.3 Å². The smallest absolute Gasteiger partial charge is 0.0618 e. The van der Waals surface area contributed by atoms with E-state index in [0.29, 0.717) is 0 Å². The molecule has 0 heterocycles. The Labute approximate surface area is 137 Å². The predicted octanol–water partition coefficient (Wildman–Crippen LogP) is 5.42. The van der Waals surface area contributed by atoms with Gasteiger partial charge in [0.2, 0.25) is 0 Å². The molecule has 1 heteroatoms. The summed E-state index contributed by atoms with van der Waals surface area (Å²) in [4.78, 5) is 0. The summed E-state index contributed by atoms with van der Waals surface area (Å²) < 4.78 is 0. The summed E-state index contributed by atoms with van der Waals surface area (Å²) in [7, 11) is 0. The van der Waals surface area contributed by atoms with Gasteiger partial charge in [-0.05, 0) is 46.4 Å². The predicted molar refractivity (Wildman–Crippen MR) is 98.1 cm³/mol. The lowest BCUT2D eigenvalue weighted by molar-refractivity contribution is 0.343. The third-order valence-corrected chi connectivity index (χ3v) is 4.04. The van der Waals surface area contributed by atoms with Gasteiger partial charge in [-0.1, -0.05) is 78.9 Å². The lowest BCUT2D eigenvalue weighted by Gasteiger charge is -2.08. The fourth-order valence-electron chi connectivity index (χ4n) is 2.69.